The molecule has 1 aromatic carbocycles. The predicted octanol–water partition coefficient (Wildman–Crippen LogP) is 2.67. The summed E-state index contributed by atoms with van der Waals surface area (Å²) in [5.74, 6) is 0.347. The molecule has 108 valence electrons. The number of benzene rings is 1. The summed E-state index contributed by atoms with van der Waals surface area (Å²) in [5.41, 5.74) is 2.00. The number of amides is 1. The van der Waals surface area contributed by atoms with E-state index in [1.54, 1.807) is 12.1 Å². The highest BCUT2D eigenvalue weighted by Gasteiger charge is 2.12. The van der Waals surface area contributed by atoms with Crippen LogP contribution >= 0.6 is 0 Å². The largest absolute Gasteiger partial charge is 0.423 e. The van der Waals surface area contributed by atoms with E-state index < -0.39 is 0 Å². The van der Waals surface area contributed by atoms with Gasteiger partial charge in [-0.3, -0.25) is 4.79 Å². The van der Waals surface area contributed by atoms with Crippen LogP contribution < -0.4 is 10.2 Å². The molecule has 0 unspecified atom stereocenters. The van der Waals surface area contributed by atoms with Gasteiger partial charge in [-0.2, -0.15) is 4.98 Å². The maximum atomic E-state index is 12.0. The maximum absolute atomic E-state index is 12.0. The fraction of sp³-hybridized carbons (Fsp3) is 0.467. The SMILES string of the molecule is CCN(C)c1nc2ccc(C(=O)NCC(C)C)cc2o1. The van der Waals surface area contributed by atoms with Crippen molar-refractivity contribution in [2.75, 3.05) is 25.0 Å². The molecule has 5 heteroatoms. The van der Waals surface area contributed by atoms with Crippen LogP contribution in [-0.4, -0.2) is 31.0 Å². The normalized spacial score (nSPS) is 11.1. The highest BCUT2D eigenvalue weighted by Crippen LogP contribution is 2.22. The predicted molar refractivity (Wildman–Crippen MR) is 80.1 cm³/mol. The fourth-order valence-corrected chi connectivity index (χ4v) is 1.75. The average Bonchev–Trinajstić information content (AvgIpc) is 2.86. The Balaban J connectivity index is 2.22. The minimum Gasteiger partial charge on any atom is -0.423 e. The van der Waals surface area contributed by atoms with E-state index in [9.17, 15) is 4.79 Å². The van der Waals surface area contributed by atoms with Crippen LogP contribution in [0.5, 0.6) is 0 Å². The molecular weight excluding hydrogens is 254 g/mol. The van der Waals surface area contributed by atoms with Crippen molar-refractivity contribution in [1.29, 1.82) is 0 Å². The molecule has 2 aromatic rings. The first-order valence-electron chi connectivity index (χ1n) is 6.91. The highest BCUT2D eigenvalue weighted by molar-refractivity contribution is 5.97. The third kappa shape index (κ3) is 3.10. The van der Waals surface area contributed by atoms with Crippen LogP contribution in [0.4, 0.5) is 6.01 Å². The molecule has 0 aliphatic carbocycles. The van der Waals surface area contributed by atoms with Crippen molar-refractivity contribution in [3.05, 3.63) is 23.8 Å². The van der Waals surface area contributed by atoms with Crippen LogP contribution in [-0.2, 0) is 0 Å². The third-order valence-corrected chi connectivity index (χ3v) is 3.11. The van der Waals surface area contributed by atoms with Gasteiger partial charge < -0.3 is 14.6 Å². The molecule has 20 heavy (non-hydrogen) atoms. The monoisotopic (exact) mass is 275 g/mol. The van der Waals surface area contributed by atoms with Gasteiger partial charge >= 0.3 is 0 Å². The van der Waals surface area contributed by atoms with Crippen LogP contribution in [0.1, 0.15) is 31.1 Å². The van der Waals surface area contributed by atoms with Gasteiger partial charge in [0.2, 0.25) is 0 Å². The first-order valence-corrected chi connectivity index (χ1v) is 6.91. The molecule has 0 aliphatic heterocycles. The van der Waals surface area contributed by atoms with E-state index in [1.165, 1.54) is 0 Å². The second-order valence-electron chi connectivity index (χ2n) is 5.30. The van der Waals surface area contributed by atoms with Gasteiger partial charge in [-0.1, -0.05) is 13.8 Å². The van der Waals surface area contributed by atoms with E-state index in [1.807, 2.05) is 24.9 Å². The number of rotatable bonds is 5. The van der Waals surface area contributed by atoms with Gasteiger partial charge in [0.1, 0.15) is 5.52 Å². The number of nitrogens with one attached hydrogen (secondary N) is 1. The van der Waals surface area contributed by atoms with Crippen molar-refractivity contribution in [3.63, 3.8) is 0 Å². The number of hydrogen-bond donors (Lipinski definition) is 1. The molecule has 0 aliphatic rings. The van der Waals surface area contributed by atoms with Gasteiger partial charge in [-0.15, -0.1) is 0 Å². The number of fused-ring (bicyclic) bond motifs is 1. The zero-order chi connectivity index (χ0) is 14.7. The second kappa shape index (κ2) is 5.94. The number of oxazole rings is 1. The molecular formula is C15H21N3O2. The Bertz CT molecular complexity index is 604. The summed E-state index contributed by atoms with van der Waals surface area (Å²) >= 11 is 0. The smallest absolute Gasteiger partial charge is 0.298 e. The lowest BCUT2D eigenvalue weighted by Gasteiger charge is -2.09. The minimum atomic E-state index is -0.0811. The molecule has 1 heterocycles. The highest BCUT2D eigenvalue weighted by atomic mass is 16.4. The summed E-state index contributed by atoms with van der Waals surface area (Å²) in [4.78, 5) is 18.3. The molecule has 0 saturated heterocycles. The van der Waals surface area contributed by atoms with Crippen LogP contribution in [0.3, 0.4) is 0 Å². The molecule has 0 radical (unpaired) electrons. The van der Waals surface area contributed by atoms with E-state index in [0.29, 0.717) is 29.6 Å². The van der Waals surface area contributed by atoms with Gasteiger partial charge in [-0.25, -0.2) is 0 Å². The molecule has 1 amide bonds. The van der Waals surface area contributed by atoms with Crippen LogP contribution in [0.25, 0.3) is 11.1 Å². The number of carbonyl (C=O) groups is 1. The van der Waals surface area contributed by atoms with Crippen molar-refractivity contribution in [2.45, 2.75) is 20.8 Å². The molecule has 0 spiro atoms. The molecule has 0 saturated carbocycles. The van der Waals surface area contributed by atoms with Crippen LogP contribution in [0.15, 0.2) is 22.6 Å². The first kappa shape index (κ1) is 14.4. The van der Waals surface area contributed by atoms with E-state index in [0.717, 1.165) is 12.1 Å². The van der Waals surface area contributed by atoms with Crippen molar-refractivity contribution in [3.8, 4) is 0 Å². The quantitative estimate of drug-likeness (QED) is 0.911. The maximum Gasteiger partial charge on any atom is 0.298 e. The molecule has 0 atom stereocenters. The molecule has 1 aromatic heterocycles. The number of hydrogen-bond acceptors (Lipinski definition) is 4. The van der Waals surface area contributed by atoms with Crippen molar-refractivity contribution < 1.29 is 9.21 Å². The zero-order valence-corrected chi connectivity index (χ0v) is 12.4. The van der Waals surface area contributed by atoms with E-state index in [2.05, 4.69) is 24.1 Å². The summed E-state index contributed by atoms with van der Waals surface area (Å²) in [7, 11) is 1.92. The number of nitrogens with zero attached hydrogens (tertiary/aromatic N) is 2. The zero-order valence-electron chi connectivity index (χ0n) is 12.4. The van der Waals surface area contributed by atoms with Gasteiger partial charge in [0.25, 0.3) is 11.9 Å². The van der Waals surface area contributed by atoms with Gasteiger partial charge in [0, 0.05) is 25.7 Å². The standard InChI is InChI=1S/C15H21N3O2/c1-5-18(4)15-17-12-7-6-11(8-13(12)20-15)14(19)16-9-10(2)3/h6-8,10H,5,9H2,1-4H3,(H,16,19). The van der Waals surface area contributed by atoms with Crippen molar-refractivity contribution in [2.24, 2.45) is 5.92 Å². The Hall–Kier alpha value is -2.04. The van der Waals surface area contributed by atoms with E-state index >= 15 is 0 Å². The molecule has 1 N–H and O–H groups in total. The number of anilines is 1. The lowest BCUT2D eigenvalue weighted by molar-refractivity contribution is 0.0949. The molecule has 5 nitrogen and oxygen atoms in total. The third-order valence-electron chi connectivity index (χ3n) is 3.11. The Labute approximate surface area is 119 Å². The van der Waals surface area contributed by atoms with E-state index in [4.69, 9.17) is 4.42 Å². The van der Waals surface area contributed by atoms with Gasteiger partial charge in [0.05, 0.1) is 0 Å². The Morgan fingerprint density at radius 3 is 2.85 bits per heavy atom. The summed E-state index contributed by atoms with van der Waals surface area (Å²) in [6, 6.07) is 5.90. The fourth-order valence-electron chi connectivity index (χ4n) is 1.75. The summed E-state index contributed by atoms with van der Waals surface area (Å²) in [6.45, 7) is 7.63. The molecule has 0 fully saturated rings. The van der Waals surface area contributed by atoms with E-state index in [-0.39, 0.29) is 5.91 Å². The molecule has 0 bridgehead atoms. The minimum absolute atomic E-state index is 0.0811. The summed E-state index contributed by atoms with van der Waals surface area (Å²) < 4.78 is 5.67. The van der Waals surface area contributed by atoms with Gasteiger partial charge in [0.15, 0.2) is 5.58 Å². The Morgan fingerprint density at radius 2 is 2.20 bits per heavy atom. The van der Waals surface area contributed by atoms with Crippen LogP contribution in [0, 0.1) is 5.92 Å². The first-order chi connectivity index (χ1) is 9.51. The lowest BCUT2D eigenvalue weighted by Crippen LogP contribution is -2.27. The lowest BCUT2D eigenvalue weighted by atomic mass is 10.1. The topological polar surface area (TPSA) is 58.4 Å². The number of carbonyl (C=O) groups excluding carboxylic acids is 1. The number of aromatic nitrogens is 1. The summed E-state index contributed by atoms with van der Waals surface area (Å²) in [5, 5.41) is 2.89. The Kier molecular flexibility index (Phi) is 4.27. The summed E-state index contributed by atoms with van der Waals surface area (Å²) in [6.07, 6.45) is 0. The van der Waals surface area contributed by atoms with Crippen LogP contribution in [0.2, 0.25) is 0 Å². The average molecular weight is 275 g/mol. The van der Waals surface area contributed by atoms with Crippen molar-refractivity contribution in [1.82, 2.24) is 10.3 Å². The van der Waals surface area contributed by atoms with Crippen molar-refractivity contribution >= 4 is 23.0 Å². The second-order valence-corrected chi connectivity index (χ2v) is 5.30. The molecule has 2 rings (SSSR count). The van der Waals surface area contributed by atoms with Gasteiger partial charge in [-0.05, 0) is 31.0 Å². The Morgan fingerprint density at radius 1 is 1.45 bits per heavy atom.